The van der Waals surface area contributed by atoms with E-state index < -0.39 is 21.6 Å². The Morgan fingerprint density at radius 2 is 0.744 bits per heavy atom. The van der Waals surface area contributed by atoms with Crippen molar-refractivity contribution in [2.24, 2.45) is 0 Å². The minimum Gasteiger partial charge on any atom is -0.344 e. The summed E-state index contributed by atoms with van der Waals surface area (Å²) < 4.78 is 13.7. The second kappa shape index (κ2) is 12.9. The highest BCUT2D eigenvalue weighted by atomic mass is 31.1. The molecule has 10 radical (unpaired) electrons. The van der Waals surface area contributed by atoms with Crippen molar-refractivity contribution < 1.29 is 9.47 Å². The summed E-state index contributed by atoms with van der Waals surface area (Å²) >= 11 is 0. The molecule has 0 N–H and O–H groups in total. The lowest BCUT2D eigenvalue weighted by molar-refractivity contribution is -0.142. The van der Waals surface area contributed by atoms with Crippen molar-refractivity contribution >= 4 is 37.1 Å². The van der Waals surface area contributed by atoms with Crippen molar-refractivity contribution in [2.45, 2.75) is 31.8 Å². The molecular weight excluding hydrogens is 562 g/mol. The zero-order valence-electron chi connectivity index (χ0n) is 24.4. The van der Waals surface area contributed by atoms with E-state index in [1.807, 2.05) is 13.8 Å². The van der Waals surface area contributed by atoms with Gasteiger partial charge in [0, 0.05) is 23.2 Å². The van der Waals surface area contributed by atoms with Gasteiger partial charge in [0.15, 0.2) is 5.79 Å². The van der Waals surface area contributed by atoms with Crippen LogP contribution in [0, 0.1) is 61.7 Å². The van der Waals surface area contributed by atoms with Crippen molar-refractivity contribution in [2.75, 3.05) is 0 Å². The molecule has 212 valence electrons. The zero-order chi connectivity index (χ0) is 29.2. The van der Waals surface area contributed by atoms with E-state index in [1.165, 1.54) is 44.4 Å². The summed E-state index contributed by atoms with van der Waals surface area (Å²) in [6, 6.07) is 43.5. The van der Waals surface area contributed by atoms with Crippen LogP contribution in [0.2, 0.25) is 0 Å². The van der Waals surface area contributed by atoms with Gasteiger partial charge in [-0.1, -0.05) is 121 Å². The van der Waals surface area contributed by atoms with Gasteiger partial charge in [-0.2, -0.15) is 0 Å². The number of hydrogen-bond acceptors (Lipinski definition) is 2. The Hall–Kier alpha value is -2.34. The molecule has 2 nitrogen and oxygen atoms in total. The minimum absolute atomic E-state index is 0.234. The molecule has 1 saturated heterocycles. The van der Waals surface area contributed by atoms with Gasteiger partial charge in [0.2, 0.25) is 0 Å². The van der Waals surface area contributed by atoms with Gasteiger partial charge in [-0.3, -0.25) is 0 Å². The van der Waals surface area contributed by atoms with Crippen molar-refractivity contribution in [1.82, 2.24) is 0 Å². The van der Waals surface area contributed by atoms with Crippen LogP contribution < -0.4 is 21.2 Å². The fraction of sp³-hybridized carbons (Fsp3) is 0.128. The summed E-state index contributed by atoms with van der Waals surface area (Å²) in [5, 5.41) is 5.32. The molecule has 1 aliphatic heterocycles. The van der Waals surface area contributed by atoms with Crippen LogP contribution in [0.3, 0.4) is 0 Å². The lowest BCUT2D eigenvalue weighted by Gasteiger charge is -2.37. The Labute approximate surface area is 260 Å². The molecule has 4 aromatic carbocycles. The van der Waals surface area contributed by atoms with Crippen LogP contribution in [0.4, 0.5) is 0 Å². The normalized spacial score (nSPS) is 23.5. The Bertz CT molecular complexity index is 1260. The first kappa shape index (κ1) is 29.4. The molecule has 4 heteroatoms. The highest BCUT2D eigenvalue weighted by Gasteiger charge is 2.56. The molecule has 3 aliphatic rings. The number of benzene rings is 4. The van der Waals surface area contributed by atoms with E-state index in [4.69, 9.17) is 9.47 Å². The molecule has 0 aromatic heterocycles. The standard InChI is InChI=1S/C39H34O2P2/c1-39(2)40-37(33-25-15-27-35(33)42(29-17-7-3-8-18-29)30-19-9-4-10-20-30)38(41-39)34-26-16-28-36(34)43(31-21-11-5-12-22-31)32-23-13-6-14-24-32/h3-28,37-38H,1-2H3/t37-,38-/m1/s1. The average Bonchev–Trinajstić information content (AvgIpc) is 3.79. The van der Waals surface area contributed by atoms with E-state index in [-0.39, 0.29) is 12.2 Å². The van der Waals surface area contributed by atoms with Crippen LogP contribution >= 0.6 is 15.8 Å². The first-order valence-corrected chi connectivity index (χ1v) is 17.4. The highest BCUT2D eigenvalue weighted by molar-refractivity contribution is 7.76. The molecule has 2 aliphatic carbocycles. The third-order valence-electron chi connectivity index (χ3n) is 7.90. The summed E-state index contributed by atoms with van der Waals surface area (Å²) in [5.74, 6) is 1.71. The van der Waals surface area contributed by atoms with Gasteiger partial charge in [0.1, 0.15) is 0 Å². The van der Waals surface area contributed by atoms with Crippen LogP contribution in [-0.2, 0) is 9.47 Å². The Morgan fingerprint density at radius 1 is 0.442 bits per heavy atom. The average molecular weight is 597 g/mol. The fourth-order valence-corrected chi connectivity index (χ4v) is 11.1. The molecule has 0 unspecified atom stereocenters. The van der Waals surface area contributed by atoms with Crippen molar-refractivity contribution in [1.29, 1.82) is 0 Å². The first-order chi connectivity index (χ1) is 21.1. The monoisotopic (exact) mass is 596 g/mol. The maximum absolute atomic E-state index is 6.83. The number of hydrogen-bond donors (Lipinski definition) is 0. The number of rotatable bonds is 8. The Kier molecular flexibility index (Phi) is 8.85. The van der Waals surface area contributed by atoms with Gasteiger partial charge >= 0.3 is 0 Å². The molecule has 2 atom stereocenters. The van der Waals surface area contributed by atoms with E-state index in [9.17, 15) is 0 Å². The Balaban J connectivity index is 1.25. The van der Waals surface area contributed by atoms with Crippen LogP contribution in [0.25, 0.3) is 0 Å². The molecule has 7 rings (SSSR count). The van der Waals surface area contributed by atoms with Gasteiger partial charge in [-0.25, -0.2) is 0 Å². The predicted octanol–water partition coefficient (Wildman–Crippen LogP) is 7.24. The molecule has 0 bridgehead atoms. The molecule has 1 heterocycles. The smallest absolute Gasteiger partial charge is 0.163 e. The summed E-state index contributed by atoms with van der Waals surface area (Å²) in [4.78, 5) is 0. The van der Waals surface area contributed by atoms with Crippen LogP contribution in [0.15, 0.2) is 121 Å². The van der Waals surface area contributed by atoms with Crippen LogP contribution in [0.5, 0.6) is 0 Å². The second-order valence-corrected chi connectivity index (χ2v) is 15.6. The third kappa shape index (κ3) is 6.15. The van der Waals surface area contributed by atoms with E-state index in [0.717, 1.165) is 0 Å². The van der Waals surface area contributed by atoms with E-state index in [1.54, 1.807) is 0 Å². The SMILES string of the molecule is CC1(C)O[C@H]([C]2[CH][CH][CH][C]2P(c2ccccc2)c2ccccc2)[C@@H]([C]2[CH][CH][CH][C]2P(c2ccccc2)c2ccccc2)O1. The molecule has 4 aromatic rings. The van der Waals surface area contributed by atoms with Gasteiger partial charge < -0.3 is 9.47 Å². The topological polar surface area (TPSA) is 18.5 Å². The summed E-state index contributed by atoms with van der Waals surface area (Å²) in [5.41, 5.74) is 2.65. The zero-order valence-corrected chi connectivity index (χ0v) is 26.2. The summed E-state index contributed by atoms with van der Waals surface area (Å²) in [7, 11) is -1.55. The quantitative estimate of drug-likeness (QED) is 0.200. The maximum Gasteiger partial charge on any atom is 0.163 e. The lowest BCUT2D eigenvalue weighted by Crippen LogP contribution is -2.38. The molecular formula is C39H34O2P2. The number of ether oxygens (including phenoxy) is 2. The van der Waals surface area contributed by atoms with Crippen molar-refractivity contribution in [3.63, 3.8) is 0 Å². The van der Waals surface area contributed by atoms with Gasteiger partial charge in [-0.05, 0) is 89.4 Å². The minimum atomic E-state index is -0.777. The van der Waals surface area contributed by atoms with E-state index in [2.05, 4.69) is 160 Å². The van der Waals surface area contributed by atoms with E-state index in [0.29, 0.717) is 0 Å². The van der Waals surface area contributed by atoms with Crippen molar-refractivity contribution in [3.8, 4) is 0 Å². The fourth-order valence-electron chi connectivity index (χ4n) is 6.12. The van der Waals surface area contributed by atoms with E-state index >= 15 is 0 Å². The molecule has 0 amide bonds. The predicted molar refractivity (Wildman–Crippen MR) is 181 cm³/mol. The highest BCUT2D eigenvalue weighted by Crippen LogP contribution is 2.63. The molecule has 2 saturated carbocycles. The molecule has 43 heavy (non-hydrogen) atoms. The van der Waals surface area contributed by atoms with Crippen LogP contribution in [-0.4, -0.2) is 18.0 Å². The largest absolute Gasteiger partial charge is 0.344 e. The summed E-state index contributed by atoms with van der Waals surface area (Å²) in [6.07, 6.45) is 13.0. The molecule has 3 fully saturated rings. The third-order valence-corrected chi connectivity index (χ3v) is 12.9. The van der Waals surface area contributed by atoms with Crippen molar-refractivity contribution in [3.05, 3.63) is 183 Å². The maximum atomic E-state index is 6.83. The molecule has 0 spiro atoms. The van der Waals surface area contributed by atoms with Crippen LogP contribution in [0.1, 0.15) is 13.8 Å². The lowest BCUT2D eigenvalue weighted by atomic mass is 9.87. The van der Waals surface area contributed by atoms with Gasteiger partial charge in [0.05, 0.1) is 12.2 Å². The summed E-state index contributed by atoms with van der Waals surface area (Å²) in [6.45, 7) is 4.08. The second-order valence-electron chi connectivity index (χ2n) is 11.2. The van der Waals surface area contributed by atoms with Gasteiger partial charge in [-0.15, -0.1) is 0 Å². The Morgan fingerprint density at radius 3 is 1.05 bits per heavy atom. The first-order valence-electron chi connectivity index (χ1n) is 14.8. The van der Waals surface area contributed by atoms with Gasteiger partial charge in [0.25, 0.3) is 0 Å².